The minimum atomic E-state index is -0.682. The molecule has 3 aromatic carbocycles. The van der Waals surface area contributed by atoms with Crippen LogP contribution in [0.1, 0.15) is 17.0 Å². The number of benzene rings is 3. The van der Waals surface area contributed by atoms with Gasteiger partial charge in [-0.25, -0.2) is 9.37 Å². The summed E-state index contributed by atoms with van der Waals surface area (Å²) in [5.41, 5.74) is 2.86. The van der Waals surface area contributed by atoms with Crippen molar-refractivity contribution in [2.24, 2.45) is 0 Å². The summed E-state index contributed by atoms with van der Waals surface area (Å²) in [4.78, 5) is 7.23. The Kier molecular flexibility index (Phi) is 5.42. The Morgan fingerprint density at radius 1 is 1.09 bits per heavy atom. The molecule has 0 aliphatic carbocycles. The molecule has 0 spiro atoms. The van der Waals surface area contributed by atoms with E-state index in [4.69, 9.17) is 37.6 Å². The van der Waals surface area contributed by atoms with E-state index >= 15 is 4.39 Å². The first-order valence-electron chi connectivity index (χ1n) is 9.61. The number of fused-ring (bicyclic) bond motifs is 1. The van der Waals surface area contributed by atoms with E-state index < -0.39 is 5.82 Å². The SMILES string of the molecule is N#Cc1cc(Cl)cc(Oc2c(Cl)ccc(Cc3nnc(-c4ccc5[nH]cnc5c4)o3)c2F)c1. The number of H-pyrrole nitrogens is 1. The Labute approximate surface area is 196 Å². The van der Waals surface area contributed by atoms with Crippen molar-refractivity contribution >= 4 is 34.2 Å². The number of aromatic amines is 1. The van der Waals surface area contributed by atoms with Crippen molar-refractivity contribution in [2.75, 3.05) is 0 Å². The topological polar surface area (TPSA) is 101 Å². The third-order valence-corrected chi connectivity index (χ3v) is 5.34. The summed E-state index contributed by atoms with van der Waals surface area (Å²) >= 11 is 12.2. The van der Waals surface area contributed by atoms with Crippen LogP contribution in [0, 0.1) is 17.1 Å². The van der Waals surface area contributed by atoms with Crippen LogP contribution in [0.4, 0.5) is 4.39 Å². The molecule has 0 saturated carbocycles. The maximum atomic E-state index is 15.2. The molecule has 5 aromatic rings. The molecule has 0 fully saturated rings. The van der Waals surface area contributed by atoms with Gasteiger partial charge in [0.1, 0.15) is 5.75 Å². The molecule has 7 nitrogen and oxygen atoms in total. The van der Waals surface area contributed by atoms with Crippen LogP contribution in [0.3, 0.4) is 0 Å². The quantitative estimate of drug-likeness (QED) is 0.316. The maximum Gasteiger partial charge on any atom is 0.247 e. The second-order valence-corrected chi connectivity index (χ2v) is 7.89. The van der Waals surface area contributed by atoms with Crippen LogP contribution in [0.2, 0.25) is 10.0 Å². The van der Waals surface area contributed by atoms with Gasteiger partial charge >= 0.3 is 0 Å². The zero-order valence-corrected chi connectivity index (χ0v) is 18.2. The van der Waals surface area contributed by atoms with Crippen molar-refractivity contribution in [3.63, 3.8) is 0 Å². The molecule has 162 valence electrons. The summed E-state index contributed by atoms with van der Waals surface area (Å²) in [5, 5.41) is 17.5. The first kappa shape index (κ1) is 20.9. The highest BCUT2D eigenvalue weighted by atomic mass is 35.5. The number of nitrogens with zero attached hydrogens (tertiary/aromatic N) is 4. The fraction of sp³-hybridized carbons (Fsp3) is 0.0435. The number of ether oxygens (including phenoxy) is 1. The number of rotatable bonds is 5. The largest absolute Gasteiger partial charge is 0.453 e. The van der Waals surface area contributed by atoms with Crippen molar-refractivity contribution in [1.29, 1.82) is 5.26 Å². The first-order valence-corrected chi connectivity index (χ1v) is 10.4. The first-order chi connectivity index (χ1) is 16.0. The highest BCUT2D eigenvalue weighted by molar-refractivity contribution is 6.32. The number of aromatic nitrogens is 4. The number of imidazole rings is 1. The van der Waals surface area contributed by atoms with Crippen molar-refractivity contribution in [1.82, 2.24) is 20.2 Å². The molecule has 0 atom stereocenters. The molecule has 0 amide bonds. The van der Waals surface area contributed by atoms with E-state index in [2.05, 4.69) is 20.2 Å². The van der Waals surface area contributed by atoms with Crippen molar-refractivity contribution in [3.8, 4) is 29.0 Å². The summed E-state index contributed by atoms with van der Waals surface area (Å²) in [5.74, 6) is -0.175. The van der Waals surface area contributed by atoms with Gasteiger partial charge in [0.15, 0.2) is 11.6 Å². The Hall–Kier alpha value is -3.93. The van der Waals surface area contributed by atoms with Crippen LogP contribution in [-0.2, 0) is 6.42 Å². The van der Waals surface area contributed by atoms with Crippen molar-refractivity contribution in [2.45, 2.75) is 6.42 Å². The molecule has 10 heteroatoms. The summed E-state index contributed by atoms with van der Waals surface area (Å²) in [7, 11) is 0. The van der Waals surface area contributed by atoms with Crippen LogP contribution in [0.25, 0.3) is 22.5 Å². The smallest absolute Gasteiger partial charge is 0.247 e. The third kappa shape index (κ3) is 4.24. The van der Waals surface area contributed by atoms with Gasteiger partial charge in [0.25, 0.3) is 0 Å². The third-order valence-electron chi connectivity index (χ3n) is 4.83. The van der Waals surface area contributed by atoms with Gasteiger partial charge in [0, 0.05) is 16.1 Å². The zero-order valence-electron chi connectivity index (χ0n) is 16.6. The summed E-state index contributed by atoms with van der Waals surface area (Å²) in [6.45, 7) is 0. The molecular weight excluding hydrogens is 468 g/mol. The second-order valence-electron chi connectivity index (χ2n) is 7.05. The number of nitriles is 1. The Balaban J connectivity index is 1.42. The molecule has 1 N–H and O–H groups in total. The van der Waals surface area contributed by atoms with E-state index in [1.165, 1.54) is 30.3 Å². The van der Waals surface area contributed by atoms with Crippen molar-refractivity contribution in [3.05, 3.63) is 87.7 Å². The fourth-order valence-corrected chi connectivity index (χ4v) is 3.69. The highest BCUT2D eigenvalue weighted by Gasteiger charge is 2.18. The molecule has 2 heterocycles. The molecule has 5 rings (SSSR count). The zero-order chi connectivity index (χ0) is 22.9. The number of hydrogen-bond donors (Lipinski definition) is 1. The highest BCUT2D eigenvalue weighted by Crippen LogP contribution is 2.36. The Morgan fingerprint density at radius 2 is 1.97 bits per heavy atom. The molecule has 0 saturated heterocycles. The van der Waals surface area contributed by atoms with Crippen LogP contribution in [0.5, 0.6) is 11.5 Å². The van der Waals surface area contributed by atoms with Crippen LogP contribution in [-0.4, -0.2) is 20.2 Å². The van der Waals surface area contributed by atoms with Crippen LogP contribution < -0.4 is 4.74 Å². The normalized spacial score (nSPS) is 11.0. The van der Waals surface area contributed by atoms with Gasteiger partial charge in [-0.1, -0.05) is 29.3 Å². The molecular formula is C23H12Cl2FN5O2. The molecule has 33 heavy (non-hydrogen) atoms. The fourth-order valence-electron chi connectivity index (χ4n) is 3.28. The molecule has 0 bridgehead atoms. The number of nitrogens with one attached hydrogen (secondary N) is 1. The van der Waals surface area contributed by atoms with Gasteiger partial charge in [0.05, 0.1) is 40.4 Å². The molecule has 0 radical (unpaired) electrons. The Bertz CT molecular complexity index is 1540. The average molecular weight is 480 g/mol. The molecule has 0 unspecified atom stereocenters. The van der Waals surface area contributed by atoms with Gasteiger partial charge in [-0.05, 0) is 42.5 Å². The Morgan fingerprint density at radius 3 is 2.82 bits per heavy atom. The minimum Gasteiger partial charge on any atom is -0.453 e. The predicted molar refractivity (Wildman–Crippen MR) is 120 cm³/mol. The number of halogens is 3. The maximum absolute atomic E-state index is 15.2. The molecule has 0 aliphatic rings. The van der Waals surface area contributed by atoms with Gasteiger partial charge in [-0.3, -0.25) is 0 Å². The lowest BCUT2D eigenvalue weighted by Crippen LogP contribution is -1.98. The van der Waals surface area contributed by atoms with E-state index in [1.54, 1.807) is 6.33 Å². The standard InChI is InChI=1S/C23H12Cl2FN5O2/c24-15-5-12(10-27)6-16(9-15)32-22-17(25)3-1-13(21(22)26)8-20-30-31-23(33-20)14-2-4-18-19(7-14)29-11-28-18/h1-7,9,11H,8H2,(H,28,29). The molecule has 2 aromatic heterocycles. The average Bonchev–Trinajstić information content (AvgIpc) is 3.47. The lowest BCUT2D eigenvalue weighted by atomic mass is 10.1. The second kappa shape index (κ2) is 8.54. The van der Waals surface area contributed by atoms with Crippen LogP contribution in [0.15, 0.2) is 59.3 Å². The minimum absolute atomic E-state index is 0.0238. The summed E-state index contributed by atoms with van der Waals surface area (Å²) in [6.07, 6.45) is 1.62. The summed E-state index contributed by atoms with van der Waals surface area (Å²) < 4.78 is 26.6. The van der Waals surface area contributed by atoms with Gasteiger partial charge in [-0.15, -0.1) is 10.2 Å². The van der Waals surface area contributed by atoms with E-state index in [-0.39, 0.29) is 45.0 Å². The van der Waals surface area contributed by atoms with Gasteiger partial charge < -0.3 is 14.1 Å². The van der Waals surface area contributed by atoms with Crippen molar-refractivity contribution < 1.29 is 13.5 Å². The van der Waals surface area contributed by atoms with E-state index in [1.807, 2.05) is 24.3 Å². The van der Waals surface area contributed by atoms with E-state index in [9.17, 15) is 0 Å². The lowest BCUT2D eigenvalue weighted by molar-refractivity contribution is 0.437. The van der Waals surface area contributed by atoms with E-state index in [0.29, 0.717) is 11.5 Å². The molecule has 0 aliphatic heterocycles. The number of hydrogen-bond acceptors (Lipinski definition) is 6. The predicted octanol–water partition coefficient (Wildman–Crippen LogP) is 6.31. The lowest BCUT2D eigenvalue weighted by Gasteiger charge is -2.11. The van der Waals surface area contributed by atoms with Crippen LogP contribution >= 0.6 is 23.2 Å². The van der Waals surface area contributed by atoms with Gasteiger partial charge in [-0.2, -0.15) is 5.26 Å². The van der Waals surface area contributed by atoms with Gasteiger partial charge in [0.2, 0.25) is 11.8 Å². The van der Waals surface area contributed by atoms with E-state index in [0.717, 1.165) is 11.0 Å². The monoisotopic (exact) mass is 479 g/mol. The summed E-state index contributed by atoms with van der Waals surface area (Å²) in [6, 6.07) is 14.9.